The summed E-state index contributed by atoms with van der Waals surface area (Å²) in [6.45, 7) is 7.94. The third-order valence-electron chi connectivity index (χ3n) is 7.80. The molecule has 0 bridgehead atoms. The highest BCUT2D eigenvalue weighted by molar-refractivity contribution is 5.79. The Morgan fingerprint density at radius 2 is 1.89 bits per heavy atom. The van der Waals surface area contributed by atoms with E-state index in [9.17, 15) is 4.79 Å². The van der Waals surface area contributed by atoms with Crippen molar-refractivity contribution < 1.29 is 9.53 Å². The number of aromatic nitrogens is 1. The molecule has 152 valence electrons. The molecule has 0 N–H and O–H groups in total. The molecule has 28 heavy (non-hydrogen) atoms. The van der Waals surface area contributed by atoms with Crippen molar-refractivity contribution in [2.45, 2.75) is 58.0 Å². The van der Waals surface area contributed by atoms with Crippen molar-refractivity contribution >= 4 is 11.7 Å². The number of likely N-dealkylation sites (tertiary alicyclic amines) is 1. The first-order valence-electron chi connectivity index (χ1n) is 11.2. The number of aryl methyl sites for hydroxylation is 1. The first kappa shape index (κ1) is 18.4. The predicted octanol–water partition coefficient (Wildman–Crippen LogP) is 3.41. The van der Waals surface area contributed by atoms with Crippen LogP contribution in [0.4, 0.5) is 5.69 Å². The maximum atomic E-state index is 12.5. The molecule has 5 rings (SSSR count). The van der Waals surface area contributed by atoms with E-state index < -0.39 is 0 Å². The van der Waals surface area contributed by atoms with E-state index in [1.54, 1.807) is 0 Å². The maximum absolute atomic E-state index is 12.5. The molecule has 3 saturated heterocycles. The standard InChI is InChI=1S/C23H33N3O2/c1-17-12-24-9-5-21(17)26-15-18-13-25(14-19(18)16-26)10-6-20-11-23(22(27)28-20)7-3-2-4-8-23/h5,9,12,18-20H,2-4,6-8,10-11,13-16H2,1H3. The number of cyclic esters (lactones) is 1. The zero-order valence-corrected chi connectivity index (χ0v) is 17.1. The smallest absolute Gasteiger partial charge is 0.312 e. The van der Waals surface area contributed by atoms with Crippen LogP contribution in [-0.2, 0) is 9.53 Å². The van der Waals surface area contributed by atoms with Gasteiger partial charge < -0.3 is 14.5 Å². The van der Waals surface area contributed by atoms with E-state index in [2.05, 4.69) is 27.8 Å². The molecule has 1 aliphatic carbocycles. The lowest BCUT2D eigenvalue weighted by atomic mass is 9.72. The third-order valence-corrected chi connectivity index (χ3v) is 7.80. The third kappa shape index (κ3) is 3.32. The molecule has 0 aromatic carbocycles. The highest BCUT2D eigenvalue weighted by Crippen LogP contribution is 2.46. The highest BCUT2D eigenvalue weighted by Gasteiger charge is 2.49. The lowest BCUT2D eigenvalue weighted by Crippen LogP contribution is -2.31. The first-order chi connectivity index (χ1) is 13.6. The van der Waals surface area contributed by atoms with Crippen LogP contribution < -0.4 is 4.90 Å². The summed E-state index contributed by atoms with van der Waals surface area (Å²) in [7, 11) is 0. The van der Waals surface area contributed by atoms with Crippen molar-refractivity contribution in [3.63, 3.8) is 0 Å². The number of ether oxygens (including phenoxy) is 1. The Bertz CT molecular complexity index is 716. The summed E-state index contributed by atoms with van der Waals surface area (Å²) in [4.78, 5) is 21.9. The monoisotopic (exact) mass is 383 g/mol. The number of fused-ring (bicyclic) bond motifs is 1. The molecule has 3 unspecified atom stereocenters. The first-order valence-corrected chi connectivity index (χ1v) is 11.2. The normalized spacial score (nSPS) is 32.1. The van der Waals surface area contributed by atoms with Gasteiger partial charge in [-0.3, -0.25) is 9.78 Å². The second-order valence-electron chi connectivity index (χ2n) is 9.71. The lowest BCUT2D eigenvalue weighted by Gasteiger charge is -2.28. The van der Waals surface area contributed by atoms with Crippen LogP contribution in [0.1, 0.15) is 50.5 Å². The molecule has 0 radical (unpaired) electrons. The molecule has 0 amide bonds. The van der Waals surface area contributed by atoms with E-state index in [1.807, 2.05) is 12.4 Å². The molecular weight excluding hydrogens is 350 g/mol. The number of carbonyl (C=O) groups is 1. The number of nitrogens with zero attached hydrogens (tertiary/aromatic N) is 3. The molecule has 3 aliphatic heterocycles. The van der Waals surface area contributed by atoms with Gasteiger partial charge in [-0.1, -0.05) is 19.3 Å². The summed E-state index contributed by atoms with van der Waals surface area (Å²) in [5, 5.41) is 0. The zero-order chi connectivity index (χ0) is 19.1. The van der Waals surface area contributed by atoms with Gasteiger partial charge in [0, 0.05) is 57.2 Å². The van der Waals surface area contributed by atoms with Crippen LogP contribution in [-0.4, -0.2) is 54.7 Å². The average Bonchev–Trinajstić information content (AvgIpc) is 3.33. The minimum absolute atomic E-state index is 0.110. The Morgan fingerprint density at radius 1 is 1.14 bits per heavy atom. The summed E-state index contributed by atoms with van der Waals surface area (Å²) in [5.74, 6) is 1.64. The van der Waals surface area contributed by atoms with E-state index >= 15 is 0 Å². The van der Waals surface area contributed by atoms with Crippen molar-refractivity contribution in [1.82, 2.24) is 9.88 Å². The topological polar surface area (TPSA) is 45.7 Å². The number of pyridine rings is 1. The van der Waals surface area contributed by atoms with Gasteiger partial charge in [0.1, 0.15) is 6.10 Å². The van der Waals surface area contributed by atoms with E-state index in [0.717, 1.165) is 57.2 Å². The molecule has 1 spiro atoms. The van der Waals surface area contributed by atoms with Gasteiger partial charge in [0.25, 0.3) is 0 Å². The van der Waals surface area contributed by atoms with Crippen LogP contribution in [0.3, 0.4) is 0 Å². The van der Waals surface area contributed by atoms with Gasteiger partial charge >= 0.3 is 5.97 Å². The van der Waals surface area contributed by atoms with Gasteiger partial charge in [0.2, 0.25) is 0 Å². The number of rotatable bonds is 4. The van der Waals surface area contributed by atoms with Gasteiger partial charge in [0.05, 0.1) is 5.41 Å². The molecule has 5 heteroatoms. The van der Waals surface area contributed by atoms with E-state index in [1.165, 1.54) is 43.6 Å². The van der Waals surface area contributed by atoms with Gasteiger partial charge in [-0.2, -0.15) is 0 Å². The number of carbonyl (C=O) groups excluding carboxylic acids is 1. The van der Waals surface area contributed by atoms with Crippen molar-refractivity contribution in [2.24, 2.45) is 17.3 Å². The fourth-order valence-electron chi connectivity index (χ4n) is 6.25. The fraction of sp³-hybridized carbons (Fsp3) is 0.739. The van der Waals surface area contributed by atoms with Crippen LogP contribution in [0.15, 0.2) is 18.5 Å². The summed E-state index contributed by atoms with van der Waals surface area (Å²) in [5.41, 5.74) is 2.51. The predicted molar refractivity (Wildman–Crippen MR) is 109 cm³/mol. The van der Waals surface area contributed by atoms with Gasteiger partial charge in [0.15, 0.2) is 0 Å². The van der Waals surface area contributed by atoms with Crippen molar-refractivity contribution in [1.29, 1.82) is 0 Å². The molecule has 1 aromatic rings. The van der Waals surface area contributed by atoms with Crippen LogP contribution in [0, 0.1) is 24.2 Å². The molecule has 1 saturated carbocycles. The molecule has 1 aromatic heterocycles. The Labute approximate surface area is 168 Å². The number of esters is 1. The Hall–Kier alpha value is -1.62. The van der Waals surface area contributed by atoms with Crippen LogP contribution in [0.25, 0.3) is 0 Å². The van der Waals surface area contributed by atoms with Crippen molar-refractivity contribution in [3.8, 4) is 0 Å². The largest absolute Gasteiger partial charge is 0.462 e. The Balaban J connectivity index is 1.11. The molecule has 5 nitrogen and oxygen atoms in total. The van der Waals surface area contributed by atoms with Crippen LogP contribution >= 0.6 is 0 Å². The number of hydrogen-bond acceptors (Lipinski definition) is 5. The van der Waals surface area contributed by atoms with Crippen molar-refractivity contribution in [3.05, 3.63) is 24.0 Å². The molecule has 4 fully saturated rings. The second-order valence-corrected chi connectivity index (χ2v) is 9.71. The number of hydrogen-bond donors (Lipinski definition) is 0. The van der Waals surface area contributed by atoms with Gasteiger partial charge in [-0.15, -0.1) is 0 Å². The molecule has 3 atom stereocenters. The van der Waals surface area contributed by atoms with Gasteiger partial charge in [-0.25, -0.2) is 0 Å². The average molecular weight is 384 g/mol. The Morgan fingerprint density at radius 3 is 2.61 bits per heavy atom. The molecule has 4 heterocycles. The van der Waals surface area contributed by atoms with Crippen LogP contribution in [0.2, 0.25) is 0 Å². The maximum Gasteiger partial charge on any atom is 0.312 e. The minimum atomic E-state index is -0.118. The number of anilines is 1. The second kappa shape index (κ2) is 7.33. The van der Waals surface area contributed by atoms with E-state index in [4.69, 9.17) is 4.74 Å². The Kier molecular flexibility index (Phi) is 4.82. The van der Waals surface area contributed by atoms with E-state index in [-0.39, 0.29) is 17.5 Å². The lowest BCUT2D eigenvalue weighted by molar-refractivity contribution is -0.150. The highest BCUT2D eigenvalue weighted by atomic mass is 16.6. The van der Waals surface area contributed by atoms with Crippen molar-refractivity contribution in [2.75, 3.05) is 37.6 Å². The minimum Gasteiger partial charge on any atom is -0.462 e. The SMILES string of the molecule is Cc1cnccc1N1CC2CN(CCC3CC4(CCCCC4)C(=O)O3)CC2C1. The fourth-order valence-corrected chi connectivity index (χ4v) is 6.25. The van der Waals surface area contributed by atoms with Crippen LogP contribution in [0.5, 0.6) is 0 Å². The summed E-state index contributed by atoms with van der Waals surface area (Å²) < 4.78 is 5.82. The molecule has 4 aliphatic rings. The summed E-state index contributed by atoms with van der Waals surface area (Å²) in [6.07, 6.45) is 11.8. The summed E-state index contributed by atoms with van der Waals surface area (Å²) >= 11 is 0. The quantitative estimate of drug-likeness (QED) is 0.746. The van der Waals surface area contributed by atoms with E-state index in [0.29, 0.717) is 0 Å². The molecular formula is C23H33N3O2. The summed E-state index contributed by atoms with van der Waals surface area (Å²) in [6, 6.07) is 2.16. The van der Waals surface area contributed by atoms with Gasteiger partial charge in [-0.05, 0) is 49.7 Å². The zero-order valence-electron chi connectivity index (χ0n) is 17.1.